The number of hydrogen-bond acceptors (Lipinski definition) is 3. The lowest BCUT2D eigenvalue weighted by Gasteiger charge is -2.05. The van der Waals surface area contributed by atoms with E-state index in [4.69, 9.17) is 10.5 Å². The summed E-state index contributed by atoms with van der Waals surface area (Å²) in [7, 11) is 0. The van der Waals surface area contributed by atoms with Crippen LogP contribution in [0.4, 0.5) is 4.79 Å². The Labute approximate surface area is 130 Å². The maximum atomic E-state index is 11.5. The van der Waals surface area contributed by atoms with Crippen LogP contribution in [0.5, 0.6) is 0 Å². The summed E-state index contributed by atoms with van der Waals surface area (Å²) in [5.74, 6) is 0. The molecule has 2 rings (SSSR count). The number of benzene rings is 2. The Bertz CT molecular complexity index is 624. The highest BCUT2D eigenvalue weighted by Gasteiger charge is 2.00. The van der Waals surface area contributed by atoms with Gasteiger partial charge >= 0.3 is 6.09 Å². The fraction of sp³-hybridized carbons (Fsp3) is 0.167. The minimum Gasteiger partial charge on any atom is -0.445 e. The van der Waals surface area contributed by atoms with Crippen molar-refractivity contribution in [1.29, 1.82) is 0 Å². The maximum absolute atomic E-state index is 11.5. The fourth-order valence-electron chi connectivity index (χ4n) is 1.94. The van der Waals surface area contributed by atoms with Crippen LogP contribution in [0.3, 0.4) is 0 Å². The van der Waals surface area contributed by atoms with Crippen molar-refractivity contribution in [3.63, 3.8) is 0 Å². The van der Waals surface area contributed by atoms with Crippen molar-refractivity contribution in [2.24, 2.45) is 5.73 Å². The third-order valence-corrected chi connectivity index (χ3v) is 3.07. The van der Waals surface area contributed by atoms with Gasteiger partial charge in [-0.05, 0) is 16.7 Å². The Morgan fingerprint density at radius 2 is 1.86 bits per heavy atom. The monoisotopic (exact) mass is 296 g/mol. The molecule has 2 aromatic rings. The lowest BCUT2D eigenvalue weighted by molar-refractivity contribution is 0.141. The van der Waals surface area contributed by atoms with Crippen LogP contribution in [-0.4, -0.2) is 12.6 Å². The molecule has 2 aromatic carbocycles. The molecule has 0 atom stereocenters. The third-order valence-electron chi connectivity index (χ3n) is 3.07. The van der Waals surface area contributed by atoms with Crippen molar-refractivity contribution in [1.82, 2.24) is 5.32 Å². The zero-order valence-corrected chi connectivity index (χ0v) is 12.4. The predicted molar refractivity (Wildman–Crippen MR) is 88.0 cm³/mol. The van der Waals surface area contributed by atoms with E-state index >= 15 is 0 Å². The van der Waals surface area contributed by atoms with Crippen LogP contribution in [0, 0.1) is 0 Å². The molecule has 114 valence electrons. The summed E-state index contributed by atoms with van der Waals surface area (Å²) in [6.45, 7) is 1.21. The van der Waals surface area contributed by atoms with E-state index in [2.05, 4.69) is 5.32 Å². The largest absolute Gasteiger partial charge is 0.445 e. The summed E-state index contributed by atoms with van der Waals surface area (Å²) in [6.07, 6.45) is 3.39. The van der Waals surface area contributed by atoms with Gasteiger partial charge in [-0.15, -0.1) is 0 Å². The number of alkyl carbamates (subject to hydrolysis) is 1. The number of rotatable bonds is 6. The summed E-state index contributed by atoms with van der Waals surface area (Å²) in [5, 5.41) is 2.68. The van der Waals surface area contributed by atoms with Gasteiger partial charge in [0, 0.05) is 13.1 Å². The van der Waals surface area contributed by atoms with Gasteiger partial charge in [0.15, 0.2) is 0 Å². The predicted octanol–water partition coefficient (Wildman–Crippen LogP) is 3.08. The molecule has 22 heavy (non-hydrogen) atoms. The molecule has 0 saturated carbocycles. The SMILES string of the molecule is NCc1cccc(C=CCNC(=O)OCc2ccccc2)c1. The van der Waals surface area contributed by atoms with E-state index in [1.165, 1.54) is 0 Å². The smallest absolute Gasteiger partial charge is 0.407 e. The van der Waals surface area contributed by atoms with Crippen LogP contribution in [0.1, 0.15) is 16.7 Å². The molecule has 1 amide bonds. The molecule has 3 N–H and O–H groups in total. The summed E-state index contributed by atoms with van der Waals surface area (Å²) in [5.41, 5.74) is 8.70. The molecular weight excluding hydrogens is 276 g/mol. The van der Waals surface area contributed by atoms with Crippen molar-refractivity contribution < 1.29 is 9.53 Å². The standard InChI is InChI=1S/C18H20N2O2/c19-13-17-9-4-8-15(12-17)10-5-11-20-18(21)22-14-16-6-2-1-3-7-16/h1-10,12H,11,13-14,19H2,(H,20,21). The van der Waals surface area contributed by atoms with E-state index in [9.17, 15) is 4.79 Å². The van der Waals surface area contributed by atoms with Crippen LogP contribution in [0.25, 0.3) is 6.08 Å². The van der Waals surface area contributed by atoms with Gasteiger partial charge in [0.25, 0.3) is 0 Å². The van der Waals surface area contributed by atoms with Crippen molar-refractivity contribution in [2.75, 3.05) is 6.54 Å². The second-order valence-corrected chi connectivity index (χ2v) is 4.79. The number of nitrogens with two attached hydrogens (primary N) is 1. The molecule has 0 aliphatic carbocycles. The molecule has 0 heterocycles. The Hall–Kier alpha value is -2.59. The summed E-state index contributed by atoms with van der Waals surface area (Å²) in [6, 6.07) is 17.5. The average molecular weight is 296 g/mol. The van der Waals surface area contributed by atoms with E-state index in [0.717, 1.165) is 16.7 Å². The second kappa shape index (κ2) is 8.64. The number of ether oxygens (including phenoxy) is 1. The lowest BCUT2D eigenvalue weighted by Crippen LogP contribution is -2.24. The zero-order chi connectivity index (χ0) is 15.6. The summed E-state index contributed by atoms with van der Waals surface area (Å²) in [4.78, 5) is 11.5. The van der Waals surface area contributed by atoms with Crippen LogP contribution in [0.2, 0.25) is 0 Å². The van der Waals surface area contributed by atoms with Gasteiger partial charge in [-0.3, -0.25) is 0 Å². The van der Waals surface area contributed by atoms with Crippen LogP contribution in [-0.2, 0) is 17.9 Å². The molecule has 4 nitrogen and oxygen atoms in total. The van der Waals surface area contributed by atoms with Gasteiger partial charge in [-0.25, -0.2) is 4.79 Å². The van der Waals surface area contributed by atoms with Crippen molar-refractivity contribution in [3.05, 3.63) is 77.4 Å². The van der Waals surface area contributed by atoms with Crippen molar-refractivity contribution >= 4 is 12.2 Å². The van der Waals surface area contributed by atoms with Gasteiger partial charge < -0.3 is 15.8 Å². The van der Waals surface area contributed by atoms with Gasteiger partial charge in [0.1, 0.15) is 6.61 Å². The average Bonchev–Trinajstić information content (AvgIpc) is 2.58. The lowest BCUT2D eigenvalue weighted by atomic mass is 10.1. The van der Waals surface area contributed by atoms with Crippen LogP contribution < -0.4 is 11.1 Å². The number of carbonyl (C=O) groups excluding carboxylic acids is 1. The zero-order valence-electron chi connectivity index (χ0n) is 12.4. The highest BCUT2D eigenvalue weighted by Crippen LogP contribution is 2.06. The van der Waals surface area contributed by atoms with E-state index in [1.54, 1.807) is 0 Å². The Kier molecular flexibility index (Phi) is 6.20. The molecule has 0 aliphatic rings. The molecular formula is C18H20N2O2. The van der Waals surface area contributed by atoms with Gasteiger partial charge in [0.05, 0.1) is 0 Å². The maximum Gasteiger partial charge on any atom is 0.407 e. The number of amides is 1. The van der Waals surface area contributed by atoms with Crippen LogP contribution >= 0.6 is 0 Å². The van der Waals surface area contributed by atoms with E-state index in [0.29, 0.717) is 13.1 Å². The molecule has 0 fully saturated rings. The first-order valence-electron chi connectivity index (χ1n) is 7.18. The van der Waals surface area contributed by atoms with Gasteiger partial charge in [0.2, 0.25) is 0 Å². The minimum atomic E-state index is -0.427. The number of hydrogen-bond donors (Lipinski definition) is 2. The number of nitrogens with one attached hydrogen (secondary N) is 1. The van der Waals surface area contributed by atoms with Crippen molar-refractivity contribution in [2.45, 2.75) is 13.2 Å². The highest BCUT2D eigenvalue weighted by molar-refractivity contribution is 5.67. The molecule has 0 bridgehead atoms. The molecule has 4 heteroatoms. The first-order chi connectivity index (χ1) is 10.8. The summed E-state index contributed by atoms with van der Waals surface area (Å²) >= 11 is 0. The Morgan fingerprint density at radius 3 is 2.64 bits per heavy atom. The molecule has 0 unspecified atom stereocenters. The van der Waals surface area contributed by atoms with Crippen molar-refractivity contribution in [3.8, 4) is 0 Å². The topological polar surface area (TPSA) is 64.3 Å². The normalized spacial score (nSPS) is 10.6. The molecule has 0 saturated heterocycles. The Morgan fingerprint density at radius 1 is 1.09 bits per heavy atom. The first-order valence-corrected chi connectivity index (χ1v) is 7.18. The highest BCUT2D eigenvalue weighted by atomic mass is 16.5. The number of carbonyl (C=O) groups is 1. The molecule has 0 radical (unpaired) electrons. The van der Waals surface area contributed by atoms with E-state index in [1.807, 2.05) is 66.7 Å². The molecule has 0 spiro atoms. The molecule has 0 aromatic heterocycles. The van der Waals surface area contributed by atoms with E-state index in [-0.39, 0.29) is 6.61 Å². The third kappa shape index (κ3) is 5.42. The minimum absolute atomic E-state index is 0.273. The molecule has 0 aliphatic heterocycles. The summed E-state index contributed by atoms with van der Waals surface area (Å²) < 4.78 is 5.12. The second-order valence-electron chi connectivity index (χ2n) is 4.79. The fourth-order valence-corrected chi connectivity index (χ4v) is 1.94. The first kappa shape index (κ1) is 15.8. The Balaban J connectivity index is 1.71. The van der Waals surface area contributed by atoms with Gasteiger partial charge in [-0.2, -0.15) is 0 Å². The van der Waals surface area contributed by atoms with Crippen LogP contribution in [0.15, 0.2) is 60.7 Å². The van der Waals surface area contributed by atoms with Gasteiger partial charge in [-0.1, -0.05) is 66.7 Å². The quantitative estimate of drug-likeness (QED) is 0.861. The van der Waals surface area contributed by atoms with E-state index < -0.39 is 6.09 Å².